The van der Waals surface area contributed by atoms with Gasteiger partial charge in [0.15, 0.2) is 0 Å². The quantitative estimate of drug-likeness (QED) is 0.860. The monoisotopic (exact) mass is 322 g/mol. The van der Waals surface area contributed by atoms with Crippen molar-refractivity contribution in [1.29, 1.82) is 0 Å². The van der Waals surface area contributed by atoms with Crippen molar-refractivity contribution in [3.63, 3.8) is 0 Å². The molecule has 3 nitrogen and oxygen atoms in total. The Morgan fingerprint density at radius 3 is 2.44 bits per heavy atom. The maximum absolute atomic E-state index is 12.3. The van der Waals surface area contributed by atoms with Crippen LogP contribution in [0.5, 0.6) is 5.75 Å². The fourth-order valence-corrected chi connectivity index (χ4v) is 4.61. The summed E-state index contributed by atoms with van der Waals surface area (Å²) in [4.78, 5) is -0.0163. The average Bonchev–Trinajstić information content (AvgIpc) is 2.86. The van der Waals surface area contributed by atoms with Gasteiger partial charge in [0.25, 0.3) is 0 Å². The van der Waals surface area contributed by atoms with Crippen LogP contribution in [0.4, 0.5) is 0 Å². The van der Waals surface area contributed by atoms with Crippen LogP contribution in [0.25, 0.3) is 0 Å². The lowest BCUT2D eigenvalue weighted by atomic mass is 10.3. The van der Waals surface area contributed by atoms with Crippen molar-refractivity contribution >= 4 is 44.4 Å². The van der Waals surface area contributed by atoms with E-state index in [2.05, 4.69) is 0 Å². The van der Waals surface area contributed by atoms with Crippen LogP contribution < -0.4 is 4.74 Å². The summed E-state index contributed by atoms with van der Waals surface area (Å²) >= 11 is 13.1. The van der Waals surface area contributed by atoms with Crippen molar-refractivity contribution in [1.82, 2.24) is 0 Å². The van der Waals surface area contributed by atoms with E-state index in [9.17, 15) is 8.42 Å². The summed E-state index contributed by atoms with van der Waals surface area (Å²) in [6.45, 7) is 0. The molecule has 0 spiro atoms. The summed E-state index contributed by atoms with van der Waals surface area (Å²) in [6.07, 6.45) is 0. The van der Waals surface area contributed by atoms with Crippen molar-refractivity contribution in [2.45, 2.75) is 9.10 Å². The maximum Gasteiger partial charge on any atom is 0.217 e. The van der Waals surface area contributed by atoms with Gasteiger partial charge in [-0.15, -0.1) is 11.3 Å². The molecule has 0 aliphatic rings. The van der Waals surface area contributed by atoms with Crippen LogP contribution >= 0.6 is 34.5 Å². The van der Waals surface area contributed by atoms with E-state index < -0.39 is 9.84 Å². The lowest BCUT2D eigenvalue weighted by Crippen LogP contribution is -2.01. The SMILES string of the molecule is COc1ccc(S(=O)(=O)c2cccs2)c(Cl)c1Cl. The molecule has 0 atom stereocenters. The molecule has 18 heavy (non-hydrogen) atoms. The molecule has 0 fully saturated rings. The highest BCUT2D eigenvalue weighted by molar-refractivity contribution is 7.93. The van der Waals surface area contributed by atoms with E-state index in [4.69, 9.17) is 27.9 Å². The molecular weight excluding hydrogens is 315 g/mol. The Morgan fingerprint density at radius 1 is 1.17 bits per heavy atom. The van der Waals surface area contributed by atoms with E-state index in [0.29, 0.717) is 5.75 Å². The van der Waals surface area contributed by atoms with E-state index in [-0.39, 0.29) is 19.1 Å². The summed E-state index contributed by atoms with van der Waals surface area (Å²) in [6, 6.07) is 6.06. The van der Waals surface area contributed by atoms with Gasteiger partial charge in [-0.3, -0.25) is 0 Å². The lowest BCUT2D eigenvalue weighted by Gasteiger charge is -2.09. The first kappa shape index (κ1) is 13.7. The second kappa shape index (κ2) is 5.09. The van der Waals surface area contributed by atoms with E-state index in [1.165, 1.54) is 25.3 Å². The summed E-state index contributed by atoms with van der Waals surface area (Å²) in [5.74, 6) is 0.340. The highest BCUT2D eigenvalue weighted by Gasteiger charge is 2.24. The fraction of sp³-hybridized carbons (Fsp3) is 0.0909. The van der Waals surface area contributed by atoms with Gasteiger partial charge in [0.2, 0.25) is 9.84 Å². The predicted octanol–water partition coefficient (Wildman–Crippen LogP) is 3.90. The number of halogens is 2. The van der Waals surface area contributed by atoms with Gasteiger partial charge in [-0.05, 0) is 23.6 Å². The zero-order chi connectivity index (χ0) is 13.3. The topological polar surface area (TPSA) is 43.4 Å². The first-order chi connectivity index (χ1) is 8.48. The second-order valence-electron chi connectivity index (χ2n) is 3.33. The van der Waals surface area contributed by atoms with Gasteiger partial charge in [0.1, 0.15) is 15.0 Å². The highest BCUT2D eigenvalue weighted by atomic mass is 35.5. The number of benzene rings is 1. The molecule has 0 radical (unpaired) electrons. The Hall–Kier alpha value is -0.750. The van der Waals surface area contributed by atoms with Gasteiger partial charge in [-0.2, -0.15) is 0 Å². The van der Waals surface area contributed by atoms with Gasteiger partial charge in [0.05, 0.1) is 17.0 Å². The minimum atomic E-state index is -3.63. The molecule has 0 aliphatic heterocycles. The number of methoxy groups -OCH3 is 1. The molecule has 0 unspecified atom stereocenters. The third-order valence-corrected chi connectivity index (χ3v) is 6.45. The van der Waals surface area contributed by atoms with Crippen molar-refractivity contribution < 1.29 is 13.2 Å². The second-order valence-corrected chi connectivity index (χ2v) is 7.18. The Balaban J connectivity index is 2.64. The third kappa shape index (κ3) is 2.23. The molecule has 2 rings (SSSR count). The molecule has 0 N–H and O–H groups in total. The average molecular weight is 323 g/mol. The molecule has 7 heteroatoms. The third-order valence-electron chi connectivity index (χ3n) is 2.28. The minimum absolute atomic E-state index is 0.0163. The summed E-state index contributed by atoms with van der Waals surface area (Å²) in [5, 5.41) is 1.76. The van der Waals surface area contributed by atoms with E-state index >= 15 is 0 Å². The smallest absolute Gasteiger partial charge is 0.217 e. The molecule has 2 aromatic rings. The van der Waals surface area contributed by atoms with Crippen molar-refractivity contribution in [3.8, 4) is 5.75 Å². The van der Waals surface area contributed by atoms with Crippen LogP contribution in [-0.2, 0) is 9.84 Å². The Kier molecular flexibility index (Phi) is 3.87. The first-order valence-corrected chi connectivity index (χ1v) is 7.91. The van der Waals surface area contributed by atoms with Gasteiger partial charge >= 0.3 is 0 Å². The van der Waals surface area contributed by atoms with Crippen LogP contribution in [-0.4, -0.2) is 15.5 Å². The van der Waals surface area contributed by atoms with Gasteiger partial charge < -0.3 is 4.74 Å². The van der Waals surface area contributed by atoms with Crippen LogP contribution in [0.15, 0.2) is 38.8 Å². The van der Waals surface area contributed by atoms with Crippen LogP contribution in [0.3, 0.4) is 0 Å². The Morgan fingerprint density at radius 2 is 1.89 bits per heavy atom. The summed E-state index contributed by atoms with van der Waals surface area (Å²) in [5.41, 5.74) is 0. The highest BCUT2D eigenvalue weighted by Crippen LogP contribution is 2.39. The minimum Gasteiger partial charge on any atom is -0.495 e. The summed E-state index contributed by atoms with van der Waals surface area (Å²) in [7, 11) is -2.19. The molecular formula is C11H8Cl2O3S2. The van der Waals surface area contributed by atoms with Crippen LogP contribution in [0, 0.1) is 0 Å². The maximum atomic E-state index is 12.3. The zero-order valence-corrected chi connectivity index (χ0v) is 12.3. The first-order valence-electron chi connectivity index (χ1n) is 4.79. The molecule has 0 bridgehead atoms. The van der Waals surface area contributed by atoms with Crippen molar-refractivity contribution in [3.05, 3.63) is 39.7 Å². The van der Waals surface area contributed by atoms with Gasteiger partial charge in [-0.1, -0.05) is 29.3 Å². The molecule has 1 heterocycles. The van der Waals surface area contributed by atoms with Crippen molar-refractivity contribution in [2.24, 2.45) is 0 Å². The number of thiophene rings is 1. The fourth-order valence-electron chi connectivity index (χ4n) is 1.40. The van der Waals surface area contributed by atoms with E-state index in [1.54, 1.807) is 11.4 Å². The molecule has 0 saturated heterocycles. The number of rotatable bonds is 3. The molecule has 0 saturated carbocycles. The molecule has 1 aromatic carbocycles. The number of sulfone groups is 1. The normalized spacial score (nSPS) is 11.5. The van der Waals surface area contributed by atoms with Gasteiger partial charge in [-0.25, -0.2) is 8.42 Å². The number of hydrogen-bond donors (Lipinski definition) is 0. The predicted molar refractivity (Wildman–Crippen MR) is 72.8 cm³/mol. The number of hydrogen-bond acceptors (Lipinski definition) is 4. The number of ether oxygens (including phenoxy) is 1. The molecule has 0 amide bonds. The molecule has 96 valence electrons. The van der Waals surface area contributed by atoms with Crippen molar-refractivity contribution in [2.75, 3.05) is 7.11 Å². The van der Waals surface area contributed by atoms with Gasteiger partial charge in [0, 0.05) is 0 Å². The molecule has 1 aromatic heterocycles. The van der Waals surface area contributed by atoms with E-state index in [0.717, 1.165) is 11.3 Å². The van der Waals surface area contributed by atoms with Crippen LogP contribution in [0.1, 0.15) is 0 Å². The van der Waals surface area contributed by atoms with E-state index in [1.807, 2.05) is 0 Å². The Bertz CT molecular complexity index is 664. The lowest BCUT2D eigenvalue weighted by molar-refractivity contribution is 0.414. The summed E-state index contributed by atoms with van der Waals surface area (Å²) < 4.78 is 29.8. The van der Waals surface area contributed by atoms with Crippen LogP contribution in [0.2, 0.25) is 10.0 Å². The zero-order valence-electron chi connectivity index (χ0n) is 9.18. The Labute approximate surface area is 119 Å². The largest absolute Gasteiger partial charge is 0.495 e. The molecule has 0 aliphatic carbocycles. The standard InChI is InChI=1S/C11H8Cl2O3S2/c1-16-7-4-5-8(11(13)10(7)12)18(14,15)9-3-2-6-17-9/h2-6H,1H3.